The van der Waals surface area contributed by atoms with Gasteiger partial charge in [0.15, 0.2) is 25.6 Å². The molecule has 0 fully saturated rings. The van der Waals surface area contributed by atoms with Crippen molar-refractivity contribution in [3.63, 3.8) is 0 Å². The lowest BCUT2D eigenvalue weighted by atomic mass is 9.82. The highest BCUT2D eigenvalue weighted by molar-refractivity contribution is 5.86. The first kappa shape index (κ1) is 35.5. The molecule has 0 aromatic rings. The maximum Gasteiger partial charge on any atom is 0.344 e. The van der Waals surface area contributed by atoms with Gasteiger partial charge in [-0.25, -0.2) is 19.2 Å². The first-order chi connectivity index (χ1) is 18.4. The summed E-state index contributed by atoms with van der Waals surface area (Å²) in [5.74, 6) is -3.34. The molecule has 0 aromatic carbocycles. The first-order valence-corrected chi connectivity index (χ1v) is 12.8. The molecular weight excluding hydrogens is 512 g/mol. The number of hydrogen-bond acceptors (Lipinski definition) is 11. The van der Waals surface area contributed by atoms with Gasteiger partial charge in [-0.3, -0.25) is 9.59 Å². The Labute approximate surface area is 229 Å². The molecule has 0 spiro atoms. The van der Waals surface area contributed by atoms with Gasteiger partial charge in [0, 0.05) is 25.1 Å². The number of Topliss-reactive ketones (excluding diaryl/α,β-unsaturated/α-hetero) is 1. The highest BCUT2D eigenvalue weighted by Gasteiger charge is 2.22. The number of carbonyl (C=O) groups is 6. The van der Waals surface area contributed by atoms with E-state index in [0.717, 1.165) is 44.5 Å². The number of carbonyl (C=O) groups excluding carboxylic acids is 6. The average molecular weight is 555 g/mol. The molecule has 0 rings (SSSR count). The van der Waals surface area contributed by atoms with Crippen LogP contribution in [-0.2, 0) is 47.7 Å². The minimum absolute atomic E-state index is 0.171. The van der Waals surface area contributed by atoms with Crippen molar-refractivity contribution in [2.75, 3.05) is 46.1 Å². The summed E-state index contributed by atoms with van der Waals surface area (Å²) in [6.07, 6.45) is 5.40. The third kappa shape index (κ3) is 21.1. The van der Waals surface area contributed by atoms with Gasteiger partial charge in [-0.15, -0.1) is 0 Å². The number of ether oxygens (including phenoxy) is 4. The number of ketones is 1. The van der Waals surface area contributed by atoms with Gasteiger partial charge in [0.05, 0.1) is 0 Å². The molecular formula is C27H42N2O10. The number of hydrogen-bond donors (Lipinski definition) is 2. The predicted molar refractivity (Wildman–Crippen MR) is 141 cm³/mol. The van der Waals surface area contributed by atoms with E-state index in [1.807, 2.05) is 13.8 Å². The zero-order valence-corrected chi connectivity index (χ0v) is 23.2. The largest absolute Gasteiger partial charge is 0.455 e. The summed E-state index contributed by atoms with van der Waals surface area (Å²) in [7, 11) is 0. The molecule has 0 saturated heterocycles. The van der Waals surface area contributed by atoms with E-state index in [4.69, 9.17) is 9.47 Å². The van der Waals surface area contributed by atoms with Crippen LogP contribution >= 0.6 is 0 Å². The number of esters is 4. The van der Waals surface area contributed by atoms with Crippen LogP contribution in [-0.4, -0.2) is 81.6 Å². The molecule has 12 nitrogen and oxygen atoms in total. The van der Waals surface area contributed by atoms with Crippen molar-refractivity contribution in [1.29, 1.82) is 0 Å². The molecule has 0 heterocycles. The second kappa shape index (κ2) is 20.4. The summed E-state index contributed by atoms with van der Waals surface area (Å²) in [5, 5.41) is 6.10. The minimum Gasteiger partial charge on any atom is -0.455 e. The van der Waals surface area contributed by atoms with Gasteiger partial charge in [-0.1, -0.05) is 33.9 Å². The Kier molecular flexibility index (Phi) is 18.6. The quantitative estimate of drug-likeness (QED) is 0.0861. The van der Waals surface area contributed by atoms with Crippen LogP contribution in [0.1, 0.15) is 52.9 Å². The minimum atomic E-state index is -0.821. The smallest absolute Gasteiger partial charge is 0.344 e. The molecule has 0 aliphatic rings. The second-order valence-corrected chi connectivity index (χ2v) is 9.73. The molecule has 0 radical (unpaired) electrons. The Bertz CT molecular complexity index is 854. The molecule has 1 amide bonds. The standard InChI is InChI=1S/C27H42N2O10/c1-6-23(32)38-17-25(34)36-15-21(30)10-8-9-12-28-13-11-20(3)14-27(4,5)19-29-22(31)16-37-26(35)18-39-24(33)7-2/h6-7,20,28H,1-2,8-19H2,3-5H3,(H,29,31). The second-order valence-electron chi connectivity index (χ2n) is 9.73. The zero-order chi connectivity index (χ0) is 29.7. The normalized spacial score (nSPS) is 11.5. The van der Waals surface area contributed by atoms with Crippen molar-refractivity contribution in [2.24, 2.45) is 11.3 Å². The molecule has 39 heavy (non-hydrogen) atoms. The van der Waals surface area contributed by atoms with E-state index in [1.165, 1.54) is 0 Å². The summed E-state index contributed by atoms with van der Waals surface area (Å²) in [4.78, 5) is 68.3. The van der Waals surface area contributed by atoms with Gasteiger partial charge in [0.25, 0.3) is 5.91 Å². The maximum atomic E-state index is 12.0. The number of amides is 1. The fourth-order valence-electron chi connectivity index (χ4n) is 3.39. The Balaban J connectivity index is 3.88. The van der Waals surface area contributed by atoms with Crippen LogP contribution in [0.15, 0.2) is 25.3 Å². The van der Waals surface area contributed by atoms with Crippen molar-refractivity contribution >= 4 is 35.6 Å². The number of rotatable bonds is 22. The molecule has 0 aromatic heterocycles. The van der Waals surface area contributed by atoms with E-state index in [1.54, 1.807) is 0 Å². The summed E-state index contributed by atoms with van der Waals surface area (Å²) in [5.41, 5.74) is -0.171. The first-order valence-electron chi connectivity index (χ1n) is 12.8. The lowest BCUT2D eigenvalue weighted by molar-refractivity contribution is -0.158. The fraction of sp³-hybridized carbons (Fsp3) is 0.630. The highest BCUT2D eigenvalue weighted by Crippen LogP contribution is 2.26. The van der Waals surface area contributed by atoms with Crippen LogP contribution < -0.4 is 10.6 Å². The predicted octanol–water partition coefficient (Wildman–Crippen LogP) is 1.42. The monoisotopic (exact) mass is 554 g/mol. The molecule has 12 heteroatoms. The van der Waals surface area contributed by atoms with Crippen molar-refractivity contribution in [2.45, 2.75) is 52.9 Å². The van der Waals surface area contributed by atoms with E-state index in [0.29, 0.717) is 25.3 Å². The van der Waals surface area contributed by atoms with E-state index in [2.05, 4.69) is 40.2 Å². The van der Waals surface area contributed by atoms with Crippen molar-refractivity contribution in [3.05, 3.63) is 25.3 Å². The highest BCUT2D eigenvalue weighted by atomic mass is 16.6. The molecule has 0 aliphatic carbocycles. The Morgan fingerprint density at radius 3 is 1.92 bits per heavy atom. The van der Waals surface area contributed by atoms with Crippen LogP contribution in [0.3, 0.4) is 0 Å². The van der Waals surface area contributed by atoms with Crippen molar-refractivity contribution in [3.8, 4) is 0 Å². The van der Waals surface area contributed by atoms with E-state index < -0.39 is 49.6 Å². The summed E-state index contributed by atoms with van der Waals surface area (Å²) < 4.78 is 18.6. The average Bonchev–Trinajstić information content (AvgIpc) is 2.90. The lowest BCUT2D eigenvalue weighted by Crippen LogP contribution is -2.37. The number of unbranched alkanes of at least 4 members (excludes halogenated alkanes) is 1. The molecule has 1 atom stereocenters. The van der Waals surface area contributed by atoms with Crippen LogP contribution in [0.5, 0.6) is 0 Å². The molecule has 220 valence electrons. The van der Waals surface area contributed by atoms with Crippen LogP contribution in [0.25, 0.3) is 0 Å². The van der Waals surface area contributed by atoms with Crippen molar-refractivity contribution < 1.29 is 47.7 Å². The summed E-state index contributed by atoms with van der Waals surface area (Å²) >= 11 is 0. The summed E-state index contributed by atoms with van der Waals surface area (Å²) in [6, 6.07) is 0. The Morgan fingerprint density at radius 1 is 0.795 bits per heavy atom. The third-order valence-electron chi connectivity index (χ3n) is 5.29. The van der Waals surface area contributed by atoms with Gasteiger partial charge < -0.3 is 29.6 Å². The van der Waals surface area contributed by atoms with Gasteiger partial charge in [-0.2, -0.15) is 0 Å². The van der Waals surface area contributed by atoms with Crippen molar-refractivity contribution in [1.82, 2.24) is 10.6 Å². The topological polar surface area (TPSA) is 163 Å². The SMILES string of the molecule is C=CC(=O)OCC(=O)OCC(=O)CCCCNCCC(C)CC(C)(C)CNC(=O)COC(=O)COC(=O)C=C. The molecule has 1 unspecified atom stereocenters. The van der Waals surface area contributed by atoms with Crippen LogP contribution in [0, 0.1) is 11.3 Å². The van der Waals surface area contributed by atoms with E-state index >= 15 is 0 Å². The van der Waals surface area contributed by atoms with Crippen LogP contribution in [0.2, 0.25) is 0 Å². The van der Waals surface area contributed by atoms with E-state index in [9.17, 15) is 28.8 Å². The van der Waals surface area contributed by atoms with E-state index in [-0.39, 0.29) is 17.8 Å². The Hall–Kier alpha value is -3.54. The van der Waals surface area contributed by atoms with Crippen LogP contribution in [0.4, 0.5) is 0 Å². The third-order valence-corrected chi connectivity index (χ3v) is 5.29. The lowest BCUT2D eigenvalue weighted by Gasteiger charge is -2.28. The molecule has 0 aliphatic heterocycles. The molecule has 0 bridgehead atoms. The Morgan fingerprint density at radius 2 is 1.36 bits per heavy atom. The van der Waals surface area contributed by atoms with Gasteiger partial charge >= 0.3 is 23.9 Å². The number of nitrogens with one attached hydrogen (secondary N) is 2. The fourth-order valence-corrected chi connectivity index (χ4v) is 3.39. The summed E-state index contributed by atoms with van der Waals surface area (Å²) in [6.45, 7) is 12.7. The van der Waals surface area contributed by atoms with Gasteiger partial charge in [0.1, 0.15) is 6.61 Å². The maximum absolute atomic E-state index is 12.0. The molecule has 0 saturated carbocycles. The zero-order valence-electron chi connectivity index (χ0n) is 23.2. The van der Waals surface area contributed by atoms with Gasteiger partial charge in [-0.05, 0) is 50.1 Å². The van der Waals surface area contributed by atoms with Gasteiger partial charge in [0.2, 0.25) is 0 Å². The molecule has 2 N–H and O–H groups in total.